The smallest absolute Gasteiger partial charge is 0.140 e. The summed E-state index contributed by atoms with van der Waals surface area (Å²) >= 11 is 0. The first kappa shape index (κ1) is 21.0. The van der Waals surface area contributed by atoms with Crippen molar-refractivity contribution < 1.29 is 0 Å². The lowest BCUT2D eigenvalue weighted by molar-refractivity contribution is 0.313. The summed E-state index contributed by atoms with van der Waals surface area (Å²) in [5.74, 6) is 1.01. The fraction of sp³-hybridized carbons (Fsp3) is 0.423. The summed E-state index contributed by atoms with van der Waals surface area (Å²) in [6.45, 7) is 8.86. The molecule has 2 saturated heterocycles. The first-order valence-electron chi connectivity index (χ1n) is 11.7. The fourth-order valence-corrected chi connectivity index (χ4v) is 4.74. The van der Waals surface area contributed by atoms with Crippen molar-refractivity contribution in [1.29, 1.82) is 0 Å². The molecule has 32 heavy (non-hydrogen) atoms. The number of hydrogen-bond acceptors (Lipinski definition) is 5. The lowest BCUT2D eigenvalue weighted by atomic mass is 10.1. The van der Waals surface area contributed by atoms with Crippen molar-refractivity contribution in [3.8, 4) is 22.6 Å². The molecule has 0 bridgehead atoms. The summed E-state index contributed by atoms with van der Waals surface area (Å²) in [7, 11) is 6.50. The van der Waals surface area contributed by atoms with Crippen LogP contribution in [0.5, 0.6) is 0 Å². The van der Waals surface area contributed by atoms with Crippen LogP contribution in [0.3, 0.4) is 0 Å². The quantitative estimate of drug-likeness (QED) is 0.634. The molecule has 3 aromatic rings. The minimum Gasteiger partial charge on any atom is -0.369 e. The van der Waals surface area contributed by atoms with E-state index in [9.17, 15) is 0 Å². The molecule has 0 unspecified atom stereocenters. The van der Waals surface area contributed by atoms with Gasteiger partial charge in [0.15, 0.2) is 0 Å². The van der Waals surface area contributed by atoms with Gasteiger partial charge in [0.2, 0.25) is 0 Å². The summed E-state index contributed by atoms with van der Waals surface area (Å²) in [4.78, 5) is 14.5. The Morgan fingerprint density at radius 1 is 0.562 bits per heavy atom. The van der Waals surface area contributed by atoms with Crippen molar-refractivity contribution >= 4 is 11.4 Å². The highest BCUT2D eigenvalue weighted by atomic mass is 15.3. The SMILES string of the molecule is CN1CCN(c2ccc(-c3cnc(-c4ccc(N5CCN(C)CC5)cc4)n3C)cc2)CC1. The predicted molar refractivity (Wildman–Crippen MR) is 134 cm³/mol. The van der Waals surface area contributed by atoms with Crippen molar-refractivity contribution in [1.82, 2.24) is 19.4 Å². The largest absolute Gasteiger partial charge is 0.369 e. The Morgan fingerprint density at radius 3 is 1.47 bits per heavy atom. The van der Waals surface area contributed by atoms with E-state index in [1.807, 2.05) is 6.20 Å². The van der Waals surface area contributed by atoms with Gasteiger partial charge < -0.3 is 24.2 Å². The van der Waals surface area contributed by atoms with E-state index in [1.54, 1.807) is 0 Å². The Bertz CT molecular complexity index is 940. The van der Waals surface area contributed by atoms with Gasteiger partial charge >= 0.3 is 0 Å². The minimum atomic E-state index is 1.01. The number of likely N-dealkylation sites (N-methyl/N-ethyl adjacent to an activating group) is 2. The summed E-state index contributed by atoms with van der Waals surface area (Å²) < 4.78 is 2.20. The van der Waals surface area contributed by atoms with Crippen LogP contribution in [0.25, 0.3) is 22.6 Å². The number of imidazole rings is 1. The number of aromatic nitrogens is 2. The van der Waals surface area contributed by atoms with Gasteiger partial charge in [-0.25, -0.2) is 4.98 Å². The van der Waals surface area contributed by atoms with Gasteiger partial charge in [0, 0.05) is 76.3 Å². The lowest BCUT2D eigenvalue weighted by Gasteiger charge is -2.34. The van der Waals surface area contributed by atoms with Gasteiger partial charge in [-0.1, -0.05) is 12.1 Å². The molecule has 6 heteroatoms. The third-order valence-electron chi connectivity index (χ3n) is 7.01. The molecule has 0 radical (unpaired) electrons. The molecule has 0 N–H and O–H groups in total. The molecule has 2 aliphatic rings. The summed E-state index contributed by atoms with van der Waals surface area (Å²) in [5.41, 5.74) is 6.12. The fourth-order valence-electron chi connectivity index (χ4n) is 4.74. The van der Waals surface area contributed by atoms with E-state index in [0.717, 1.165) is 69.4 Å². The van der Waals surface area contributed by atoms with Gasteiger partial charge in [-0.2, -0.15) is 0 Å². The minimum absolute atomic E-state index is 1.01. The summed E-state index contributed by atoms with van der Waals surface area (Å²) in [5, 5.41) is 0. The highest BCUT2D eigenvalue weighted by Gasteiger charge is 2.17. The molecule has 2 aromatic carbocycles. The number of rotatable bonds is 4. The molecular weight excluding hydrogens is 396 g/mol. The van der Waals surface area contributed by atoms with Crippen molar-refractivity contribution in [3.63, 3.8) is 0 Å². The van der Waals surface area contributed by atoms with E-state index in [2.05, 4.69) is 93.8 Å². The average molecular weight is 431 g/mol. The second-order valence-electron chi connectivity index (χ2n) is 9.20. The van der Waals surface area contributed by atoms with Crippen molar-refractivity contribution in [2.75, 3.05) is 76.3 Å². The maximum Gasteiger partial charge on any atom is 0.140 e. The van der Waals surface area contributed by atoms with Crippen LogP contribution in [0.4, 0.5) is 11.4 Å². The van der Waals surface area contributed by atoms with Gasteiger partial charge in [0.05, 0.1) is 11.9 Å². The average Bonchev–Trinajstić information content (AvgIpc) is 3.21. The van der Waals surface area contributed by atoms with Crippen LogP contribution in [0, 0.1) is 0 Å². The molecule has 1 aromatic heterocycles. The van der Waals surface area contributed by atoms with Crippen molar-refractivity contribution in [2.24, 2.45) is 7.05 Å². The zero-order valence-electron chi connectivity index (χ0n) is 19.5. The van der Waals surface area contributed by atoms with E-state index in [4.69, 9.17) is 4.98 Å². The lowest BCUT2D eigenvalue weighted by Crippen LogP contribution is -2.44. The number of anilines is 2. The number of benzene rings is 2. The molecule has 5 rings (SSSR count). The van der Waals surface area contributed by atoms with Crippen LogP contribution < -0.4 is 9.80 Å². The third kappa shape index (κ3) is 4.25. The molecule has 6 nitrogen and oxygen atoms in total. The molecule has 0 spiro atoms. The normalized spacial score (nSPS) is 18.3. The standard InChI is InChI=1S/C26H34N6/c1-28-12-16-31(17-13-28)23-8-4-21(5-9-23)25-20-27-26(30(25)3)22-6-10-24(11-7-22)32-18-14-29(2)15-19-32/h4-11,20H,12-19H2,1-3H3. The zero-order valence-corrected chi connectivity index (χ0v) is 19.5. The van der Waals surface area contributed by atoms with Crippen molar-refractivity contribution in [2.45, 2.75) is 0 Å². The molecule has 3 heterocycles. The number of piperazine rings is 2. The van der Waals surface area contributed by atoms with Crippen LogP contribution >= 0.6 is 0 Å². The predicted octanol–water partition coefficient (Wildman–Crippen LogP) is 3.26. The third-order valence-corrected chi connectivity index (χ3v) is 7.01. The van der Waals surface area contributed by atoms with Crippen molar-refractivity contribution in [3.05, 3.63) is 54.7 Å². The Morgan fingerprint density at radius 2 is 1.00 bits per heavy atom. The van der Waals surface area contributed by atoms with Gasteiger partial charge in [-0.15, -0.1) is 0 Å². The Labute approximate surface area is 191 Å². The van der Waals surface area contributed by atoms with E-state index in [1.165, 1.54) is 16.9 Å². The second-order valence-corrected chi connectivity index (χ2v) is 9.20. The maximum atomic E-state index is 4.76. The Kier molecular flexibility index (Phi) is 5.89. The first-order valence-corrected chi connectivity index (χ1v) is 11.7. The molecule has 0 amide bonds. The van der Waals surface area contributed by atoms with Crippen LogP contribution in [-0.2, 0) is 7.05 Å². The van der Waals surface area contributed by atoms with E-state index >= 15 is 0 Å². The van der Waals surface area contributed by atoms with Gasteiger partial charge in [0.1, 0.15) is 5.82 Å². The van der Waals surface area contributed by atoms with Crippen LogP contribution in [0.15, 0.2) is 54.7 Å². The molecular formula is C26H34N6. The number of nitrogens with zero attached hydrogens (tertiary/aromatic N) is 6. The summed E-state index contributed by atoms with van der Waals surface area (Å²) in [6, 6.07) is 17.8. The second kappa shape index (κ2) is 8.96. The Balaban J connectivity index is 1.31. The van der Waals surface area contributed by atoms with E-state index < -0.39 is 0 Å². The first-order chi connectivity index (χ1) is 15.6. The zero-order chi connectivity index (χ0) is 22.1. The van der Waals surface area contributed by atoms with Gasteiger partial charge in [-0.05, 0) is 56.1 Å². The topological polar surface area (TPSA) is 30.8 Å². The Hall–Kier alpha value is -2.83. The van der Waals surface area contributed by atoms with E-state index in [-0.39, 0.29) is 0 Å². The van der Waals surface area contributed by atoms with Crippen LogP contribution in [0.1, 0.15) is 0 Å². The molecule has 2 aliphatic heterocycles. The van der Waals surface area contributed by atoms with Gasteiger partial charge in [0.25, 0.3) is 0 Å². The highest BCUT2D eigenvalue weighted by molar-refractivity contribution is 5.69. The summed E-state index contributed by atoms with van der Waals surface area (Å²) in [6.07, 6.45) is 1.99. The van der Waals surface area contributed by atoms with Gasteiger partial charge in [-0.3, -0.25) is 0 Å². The molecule has 0 aliphatic carbocycles. The molecule has 0 atom stereocenters. The number of hydrogen-bond donors (Lipinski definition) is 0. The van der Waals surface area contributed by atoms with E-state index in [0.29, 0.717) is 0 Å². The van der Waals surface area contributed by atoms with Crippen LogP contribution in [-0.4, -0.2) is 85.8 Å². The molecule has 2 fully saturated rings. The molecule has 168 valence electrons. The molecule has 0 saturated carbocycles. The monoisotopic (exact) mass is 430 g/mol. The van der Waals surface area contributed by atoms with Crippen LogP contribution in [0.2, 0.25) is 0 Å². The highest BCUT2D eigenvalue weighted by Crippen LogP contribution is 2.29. The maximum absolute atomic E-state index is 4.76.